The topological polar surface area (TPSA) is 49.4 Å². The summed E-state index contributed by atoms with van der Waals surface area (Å²) in [6.07, 6.45) is 1.90. The molecule has 1 aromatic carbocycles. The number of nitrogens with zero attached hydrogens (tertiary/aromatic N) is 1. The monoisotopic (exact) mass is 296 g/mol. The van der Waals surface area contributed by atoms with Gasteiger partial charge in [-0.05, 0) is 50.4 Å². The second kappa shape index (κ2) is 6.24. The van der Waals surface area contributed by atoms with Crippen molar-refractivity contribution in [3.8, 4) is 0 Å². The Kier molecular flexibility index (Phi) is 4.83. The Hall–Kier alpha value is -0.910. The van der Waals surface area contributed by atoms with Crippen molar-refractivity contribution in [2.45, 2.75) is 37.6 Å². The highest BCUT2D eigenvalue weighted by molar-refractivity contribution is 7.89. The molecule has 0 saturated carbocycles. The van der Waals surface area contributed by atoms with Gasteiger partial charge in [0.15, 0.2) is 0 Å². The van der Waals surface area contributed by atoms with Crippen LogP contribution in [0, 0.1) is 5.92 Å². The average molecular weight is 296 g/mol. The zero-order chi connectivity index (χ0) is 14.8. The fourth-order valence-electron chi connectivity index (χ4n) is 2.49. The molecule has 1 atom stereocenters. The Balaban J connectivity index is 2.25. The van der Waals surface area contributed by atoms with Crippen molar-refractivity contribution in [3.05, 3.63) is 29.8 Å². The van der Waals surface area contributed by atoms with Crippen molar-refractivity contribution in [2.75, 3.05) is 20.1 Å². The van der Waals surface area contributed by atoms with Gasteiger partial charge in [0.25, 0.3) is 0 Å². The number of rotatable bonds is 4. The smallest absolute Gasteiger partial charge is 0.243 e. The number of sulfonamides is 1. The summed E-state index contributed by atoms with van der Waals surface area (Å²) < 4.78 is 26.9. The molecule has 112 valence electrons. The number of piperidine rings is 1. The van der Waals surface area contributed by atoms with Gasteiger partial charge in [-0.15, -0.1) is 0 Å². The van der Waals surface area contributed by atoms with Gasteiger partial charge < -0.3 is 5.32 Å². The number of nitrogens with one attached hydrogen (secondary N) is 1. The van der Waals surface area contributed by atoms with Crippen LogP contribution in [0.25, 0.3) is 0 Å². The van der Waals surface area contributed by atoms with Crippen molar-refractivity contribution in [1.29, 1.82) is 0 Å². The van der Waals surface area contributed by atoms with Crippen LogP contribution in [0.1, 0.15) is 38.3 Å². The first kappa shape index (κ1) is 15.5. The summed E-state index contributed by atoms with van der Waals surface area (Å²) in [4.78, 5) is 0.409. The molecular formula is C15H24N2O2S. The van der Waals surface area contributed by atoms with Gasteiger partial charge in [0, 0.05) is 19.1 Å². The van der Waals surface area contributed by atoms with Crippen LogP contribution in [-0.4, -0.2) is 32.9 Å². The Morgan fingerprint density at radius 1 is 1.30 bits per heavy atom. The zero-order valence-corrected chi connectivity index (χ0v) is 13.3. The van der Waals surface area contributed by atoms with E-state index in [1.165, 1.54) is 0 Å². The van der Waals surface area contributed by atoms with Gasteiger partial charge in [-0.25, -0.2) is 8.42 Å². The molecule has 1 N–H and O–H groups in total. The molecule has 0 aliphatic carbocycles. The second-order valence-electron chi connectivity index (χ2n) is 5.67. The van der Waals surface area contributed by atoms with Crippen molar-refractivity contribution >= 4 is 10.0 Å². The van der Waals surface area contributed by atoms with Crippen LogP contribution in [0.15, 0.2) is 29.2 Å². The molecule has 5 heteroatoms. The summed E-state index contributed by atoms with van der Waals surface area (Å²) in [6, 6.07) is 7.40. The summed E-state index contributed by atoms with van der Waals surface area (Å²) in [7, 11) is -1.47. The standard InChI is InChI=1S/C15H24N2O2S/c1-12-7-9-17(10-8-12)20(18,19)15-6-4-5-14(11-15)13(2)16-3/h4-6,11-13,16H,7-10H2,1-3H3. The van der Waals surface area contributed by atoms with E-state index in [0.717, 1.165) is 18.4 Å². The Bertz CT molecular complexity index is 549. The number of benzene rings is 1. The molecular weight excluding hydrogens is 272 g/mol. The number of hydrogen-bond acceptors (Lipinski definition) is 3. The minimum atomic E-state index is -3.34. The summed E-state index contributed by atoms with van der Waals surface area (Å²) in [5, 5.41) is 3.14. The SMILES string of the molecule is CNC(C)c1cccc(S(=O)(=O)N2CCC(C)CC2)c1. The molecule has 0 radical (unpaired) electrons. The largest absolute Gasteiger partial charge is 0.313 e. The molecule has 20 heavy (non-hydrogen) atoms. The molecule has 1 aliphatic heterocycles. The van der Waals surface area contributed by atoms with E-state index in [1.807, 2.05) is 26.1 Å². The third-order valence-corrected chi connectivity index (χ3v) is 6.07. The highest BCUT2D eigenvalue weighted by Gasteiger charge is 2.28. The van der Waals surface area contributed by atoms with Crippen LogP contribution in [0.4, 0.5) is 0 Å². The van der Waals surface area contributed by atoms with Gasteiger partial charge in [0.1, 0.15) is 0 Å². The molecule has 0 spiro atoms. The molecule has 1 heterocycles. The maximum Gasteiger partial charge on any atom is 0.243 e. The highest BCUT2D eigenvalue weighted by atomic mass is 32.2. The lowest BCUT2D eigenvalue weighted by molar-refractivity contribution is 0.288. The normalized spacial score (nSPS) is 19.9. The van der Waals surface area contributed by atoms with E-state index in [4.69, 9.17) is 0 Å². The second-order valence-corrected chi connectivity index (χ2v) is 7.61. The molecule has 0 amide bonds. The summed E-state index contributed by atoms with van der Waals surface area (Å²) in [6.45, 7) is 5.47. The van der Waals surface area contributed by atoms with E-state index < -0.39 is 10.0 Å². The van der Waals surface area contributed by atoms with E-state index in [9.17, 15) is 8.42 Å². The van der Waals surface area contributed by atoms with Crippen LogP contribution in [0.2, 0.25) is 0 Å². The Labute approximate surface area is 122 Å². The van der Waals surface area contributed by atoms with Crippen LogP contribution >= 0.6 is 0 Å². The molecule has 0 bridgehead atoms. The van der Waals surface area contributed by atoms with Gasteiger partial charge in [0.05, 0.1) is 4.90 Å². The summed E-state index contributed by atoms with van der Waals surface area (Å²) in [5.41, 5.74) is 0.999. The molecule has 1 aromatic rings. The maximum absolute atomic E-state index is 12.7. The molecule has 4 nitrogen and oxygen atoms in total. The highest BCUT2D eigenvalue weighted by Crippen LogP contribution is 2.25. The third kappa shape index (κ3) is 3.22. The van der Waals surface area contributed by atoms with Crippen LogP contribution in [-0.2, 0) is 10.0 Å². The molecule has 1 aliphatic rings. The van der Waals surface area contributed by atoms with E-state index in [0.29, 0.717) is 23.9 Å². The number of hydrogen-bond donors (Lipinski definition) is 1. The van der Waals surface area contributed by atoms with Gasteiger partial charge in [-0.1, -0.05) is 19.1 Å². The molecule has 1 saturated heterocycles. The fourth-order valence-corrected chi connectivity index (χ4v) is 4.01. The molecule has 1 fully saturated rings. The van der Waals surface area contributed by atoms with E-state index in [1.54, 1.807) is 16.4 Å². The van der Waals surface area contributed by atoms with Crippen molar-refractivity contribution in [1.82, 2.24) is 9.62 Å². The van der Waals surface area contributed by atoms with Gasteiger partial charge in [-0.2, -0.15) is 4.31 Å². The summed E-state index contributed by atoms with van der Waals surface area (Å²) >= 11 is 0. The van der Waals surface area contributed by atoms with Gasteiger partial charge >= 0.3 is 0 Å². The first-order valence-electron chi connectivity index (χ1n) is 7.22. The molecule has 1 unspecified atom stereocenters. The first-order valence-corrected chi connectivity index (χ1v) is 8.66. The van der Waals surface area contributed by atoms with Crippen LogP contribution in [0.5, 0.6) is 0 Å². The quantitative estimate of drug-likeness (QED) is 0.928. The predicted octanol–water partition coefficient (Wildman–Crippen LogP) is 2.39. The van der Waals surface area contributed by atoms with Crippen LogP contribution < -0.4 is 5.32 Å². The van der Waals surface area contributed by atoms with Gasteiger partial charge in [-0.3, -0.25) is 0 Å². The van der Waals surface area contributed by atoms with Crippen molar-refractivity contribution in [3.63, 3.8) is 0 Å². The fraction of sp³-hybridized carbons (Fsp3) is 0.600. The maximum atomic E-state index is 12.7. The minimum Gasteiger partial charge on any atom is -0.313 e. The summed E-state index contributed by atoms with van der Waals surface area (Å²) in [5.74, 6) is 0.622. The lowest BCUT2D eigenvalue weighted by Gasteiger charge is -2.29. The first-order chi connectivity index (χ1) is 9.45. The minimum absolute atomic E-state index is 0.145. The van der Waals surface area contributed by atoms with E-state index in [-0.39, 0.29) is 6.04 Å². The lowest BCUT2D eigenvalue weighted by atomic mass is 10.0. The van der Waals surface area contributed by atoms with E-state index in [2.05, 4.69) is 12.2 Å². The molecule has 0 aromatic heterocycles. The van der Waals surface area contributed by atoms with E-state index >= 15 is 0 Å². The average Bonchev–Trinajstić information content (AvgIpc) is 2.47. The Morgan fingerprint density at radius 2 is 1.95 bits per heavy atom. The Morgan fingerprint density at radius 3 is 2.55 bits per heavy atom. The third-order valence-electron chi connectivity index (χ3n) is 4.17. The zero-order valence-electron chi connectivity index (χ0n) is 12.5. The lowest BCUT2D eigenvalue weighted by Crippen LogP contribution is -2.37. The molecule has 2 rings (SSSR count). The van der Waals surface area contributed by atoms with Crippen molar-refractivity contribution in [2.24, 2.45) is 5.92 Å². The van der Waals surface area contributed by atoms with Crippen molar-refractivity contribution < 1.29 is 8.42 Å². The predicted molar refractivity (Wildman–Crippen MR) is 81.1 cm³/mol. The van der Waals surface area contributed by atoms with Crippen LogP contribution in [0.3, 0.4) is 0 Å². The van der Waals surface area contributed by atoms with Gasteiger partial charge in [0.2, 0.25) is 10.0 Å².